The van der Waals surface area contributed by atoms with E-state index in [0.717, 1.165) is 21.7 Å². The molecule has 2 amide bonds. The van der Waals surface area contributed by atoms with E-state index in [1.807, 2.05) is 32.7 Å². The van der Waals surface area contributed by atoms with E-state index in [2.05, 4.69) is 6.08 Å². The summed E-state index contributed by atoms with van der Waals surface area (Å²) in [5, 5.41) is -0.581. The quantitative estimate of drug-likeness (QED) is 0.517. The fourth-order valence-corrected chi connectivity index (χ4v) is 4.52. The first-order chi connectivity index (χ1) is 14.0. The van der Waals surface area contributed by atoms with Gasteiger partial charge < -0.3 is 9.64 Å². The molecule has 3 rings (SSSR count). The highest BCUT2D eigenvalue weighted by Crippen LogP contribution is 2.40. The minimum atomic E-state index is -1.04. The topological polar surface area (TPSA) is 66.9 Å². The Morgan fingerprint density at radius 1 is 1.33 bits per heavy atom. The molecule has 0 radical (unpaired) electrons. The van der Waals surface area contributed by atoms with Crippen molar-refractivity contribution < 1.29 is 23.5 Å². The van der Waals surface area contributed by atoms with E-state index < -0.39 is 29.0 Å². The summed E-state index contributed by atoms with van der Waals surface area (Å²) in [4.78, 5) is 39.9. The van der Waals surface area contributed by atoms with Crippen LogP contribution in [0.25, 0.3) is 11.6 Å². The SMILES string of the molecule is CCOC(=O)C(C)N1C(=O)S/C(=C\c2cc3c(cc2F)N(C)C(C)(C)C=C3C)C1=O. The molecule has 0 saturated carbocycles. The van der Waals surface area contributed by atoms with E-state index in [1.54, 1.807) is 13.0 Å². The number of carbonyl (C=O) groups is 3. The van der Waals surface area contributed by atoms with Gasteiger partial charge in [-0.2, -0.15) is 0 Å². The number of anilines is 1. The predicted octanol–water partition coefficient (Wildman–Crippen LogP) is 4.45. The molecule has 160 valence electrons. The molecule has 0 aromatic heterocycles. The number of amides is 2. The maximum Gasteiger partial charge on any atom is 0.329 e. The highest BCUT2D eigenvalue weighted by molar-refractivity contribution is 8.18. The number of likely N-dealkylation sites (N-methyl/N-ethyl adjacent to an activating group) is 1. The maximum absolute atomic E-state index is 14.9. The van der Waals surface area contributed by atoms with Gasteiger partial charge in [-0.1, -0.05) is 6.08 Å². The van der Waals surface area contributed by atoms with E-state index >= 15 is 0 Å². The van der Waals surface area contributed by atoms with Crippen LogP contribution in [0.15, 0.2) is 23.1 Å². The zero-order valence-corrected chi connectivity index (χ0v) is 18.7. The van der Waals surface area contributed by atoms with Gasteiger partial charge in [0.15, 0.2) is 0 Å². The van der Waals surface area contributed by atoms with Crippen molar-refractivity contribution in [3.8, 4) is 0 Å². The molecule has 1 fully saturated rings. The number of nitrogens with zero attached hydrogens (tertiary/aromatic N) is 2. The van der Waals surface area contributed by atoms with Gasteiger partial charge in [-0.3, -0.25) is 14.5 Å². The average Bonchev–Trinajstić information content (AvgIpc) is 2.93. The number of esters is 1. The van der Waals surface area contributed by atoms with Gasteiger partial charge in [0.25, 0.3) is 11.1 Å². The first-order valence-electron chi connectivity index (χ1n) is 9.68. The third-order valence-corrected chi connectivity index (χ3v) is 6.34. The molecule has 0 N–H and O–H groups in total. The zero-order chi connectivity index (χ0) is 22.4. The smallest absolute Gasteiger partial charge is 0.329 e. The molecule has 1 saturated heterocycles. The number of carbonyl (C=O) groups excluding carboxylic acids is 3. The van der Waals surface area contributed by atoms with Crippen LogP contribution < -0.4 is 4.90 Å². The second kappa shape index (κ2) is 7.91. The number of thioether (sulfide) groups is 1. The Labute approximate surface area is 179 Å². The van der Waals surface area contributed by atoms with Crippen molar-refractivity contribution in [1.82, 2.24) is 4.90 Å². The summed E-state index contributed by atoms with van der Waals surface area (Å²) in [6, 6.07) is 2.09. The third-order valence-electron chi connectivity index (χ3n) is 5.46. The number of benzene rings is 1. The van der Waals surface area contributed by atoms with E-state index in [1.165, 1.54) is 19.1 Å². The normalized spacial score (nSPS) is 20.4. The van der Waals surface area contributed by atoms with Gasteiger partial charge in [0, 0.05) is 23.9 Å². The molecule has 0 aliphatic carbocycles. The molecule has 2 heterocycles. The maximum atomic E-state index is 14.9. The predicted molar refractivity (Wildman–Crippen MR) is 116 cm³/mol. The lowest BCUT2D eigenvalue weighted by atomic mass is 9.88. The van der Waals surface area contributed by atoms with Gasteiger partial charge in [-0.25, -0.2) is 9.18 Å². The Balaban J connectivity index is 1.97. The Morgan fingerprint density at radius 2 is 2.00 bits per heavy atom. The summed E-state index contributed by atoms with van der Waals surface area (Å²) >= 11 is 0.687. The Morgan fingerprint density at radius 3 is 2.63 bits per heavy atom. The molecule has 2 aliphatic heterocycles. The number of fused-ring (bicyclic) bond motifs is 1. The number of allylic oxidation sites excluding steroid dienone is 1. The summed E-state index contributed by atoms with van der Waals surface area (Å²) in [5.41, 5.74) is 2.59. The van der Waals surface area contributed by atoms with Crippen molar-refractivity contribution in [3.63, 3.8) is 0 Å². The lowest BCUT2D eigenvalue weighted by Crippen LogP contribution is -2.42. The largest absolute Gasteiger partial charge is 0.464 e. The zero-order valence-electron chi connectivity index (χ0n) is 17.9. The Kier molecular flexibility index (Phi) is 5.82. The van der Waals surface area contributed by atoms with Crippen molar-refractivity contribution in [2.24, 2.45) is 0 Å². The van der Waals surface area contributed by atoms with Gasteiger partial charge in [0.1, 0.15) is 11.9 Å². The molecule has 2 aliphatic rings. The molecule has 6 nitrogen and oxygen atoms in total. The summed E-state index contributed by atoms with van der Waals surface area (Å²) in [7, 11) is 1.91. The van der Waals surface area contributed by atoms with Crippen molar-refractivity contribution in [3.05, 3.63) is 40.1 Å². The second-order valence-corrected chi connectivity index (χ2v) is 8.90. The fraction of sp³-hybridized carbons (Fsp3) is 0.409. The van der Waals surface area contributed by atoms with Gasteiger partial charge in [-0.15, -0.1) is 0 Å². The highest BCUT2D eigenvalue weighted by Gasteiger charge is 2.41. The standard InChI is InChI=1S/C22H25FN2O4S/c1-7-29-20(27)13(3)25-19(26)18(30-21(25)28)9-14-8-15-12(2)11-22(4,5)24(6)17(15)10-16(14)23/h8-11,13H,7H2,1-6H3/b18-9-. The van der Waals surface area contributed by atoms with Crippen molar-refractivity contribution in [2.75, 3.05) is 18.6 Å². The van der Waals surface area contributed by atoms with Crippen molar-refractivity contribution >= 4 is 46.2 Å². The van der Waals surface area contributed by atoms with Crippen LogP contribution in [-0.2, 0) is 14.3 Å². The van der Waals surface area contributed by atoms with Crippen LogP contribution >= 0.6 is 11.8 Å². The molecule has 1 unspecified atom stereocenters. The number of halogens is 1. The van der Waals surface area contributed by atoms with Crippen molar-refractivity contribution in [1.29, 1.82) is 0 Å². The summed E-state index contributed by atoms with van der Waals surface area (Å²) < 4.78 is 19.8. The summed E-state index contributed by atoms with van der Waals surface area (Å²) in [5.74, 6) is -1.78. The van der Waals surface area contributed by atoms with Gasteiger partial charge in [0.2, 0.25) is 0 Å². The van der Waals surface area contributed by atoms with Crippen LogP contribution in [0, 0.1) is 5.82 Å². The molecular formula is C22H25FN2O4S. The van der Waals surface area contributed by atoms with Crippen molar-refractivity contribution in [2.45, 2.75) is 46.2 Å². The van der Waals surface area contributed by atoms with Crippen LogP contribution in [0.5, 0.6) is 0 Å². The monoisotopic (exact) mass is 432 g/mol. The van der Waals surface area contributed by atoms with Crippen LogP contribution in [-0.4, -0.2) is 47.3 Å². The summed E-state index contributed by atoms with van der Waals surface area (Å²) in [6.45, 7) is 9.28. The first-order valence-corrected chi connectivity index (χ1v) is 10.5. The highest BCUT2D eigenvalue weighted by atomic mass is 32.2. The lowest BCUT2D eigenvalue weighted by Gasteiger charge is -2.40. The molecule has 1 atom stereocenters. The number of hydrogen-bond donors (Lipinski definition) is 0. The third kappa shape index (κ3) is 3.76. The molecular weight excluding hydrogens is 407 g/mol. The number of hydrogen-bond acceptors (Lipinski definition) is 6. The van der Waals surface area contributed by atoms with E-state index in [4.69, 9.17) is 4.74 Å². The number of imide groups is 1. The van der Waals surface area contributed by atoms with E-state index in [9.17, 15) is 18.8 Å². The average molecular weight is 433 g/mol. The lowest BCUT2D eigenvalue weighted by molar-refractivity contribution is -0.150. The van der Waals surface area contributed by atoms with Crippen LogP contribution in [0.4, 0.5) is 14.9 Å². The van der Waals surface area contributed by atoms with Gasteiger partial charge >= 0.3 is 5.97 Å². The Bertz CT molecular complexity index is 999. The van der Waals surface area contributed by atoms with E-state index in [-0.39, 0.29) is 22.6 Å². The minimum Gasteiger partial charge on any atom is -0.464 e. The Hall–Kier alpha value is -2.61. The fourth-order valence-electron chi connectivity index (χ4n) is 3.62. The van der Waals surface area contributed by atoms with Gasteiger partial charge in [0.05, 0.1) is 17.1 Å². The first kappa shape index (κ1) is 22.1. The molecule has 1 aromatic carbocycles. The minimum absolute atomic E-state index is 0.0705. The molecule has 8 heteroatoms. The number of ether oxygens (including phenoxy) is 1. The van der Waals surface area contributed by atoms with Gasteiger partial charge in [-0.05, 0) is 70.2 Å². The molecule has 0 spiro atoms. The molecule has 0 bridgehead atoms. The van der Waals surface area contributed by atoms with Crippen LogP contribution in [0.1, 0.15) is 45.7 Å². The summed E-state index contributed by atoms with van der Waals surface area (Å²) in [6.07, 6.45) is 3.47. The number of rotatable bonds is 4. The second-order valence-electron chi connectivity index (χ2n) is 7.91. The molecule has 30 heavy (non-hydrogen) atoms. The molecule has 1 aromatic rings. The van der Waals surface area contributed by atoms with Crippen LogP contribution in [0.3, 0.4) is 0 Å². The van der Waals surface area contributed by atoms with E-state index in [0.29, 0.717) is 11.8 Å². The van der Waals surface area contributed by atoms with Crippen LogP contribution in [0.2, 0.25) is 0 Å².